The van der Waals surface area contributed by atoms with Crippen molar-refractivity contribution < 1.29 is 41.4 Å². The van der Waals surface area contributed by atoms with Gasteiger partial charge in [0.2, 0.25) is 0 Å². The summed E-state index contributed by atoms with van der Waals surface area (Å²) in [5.41, 5.74) is -2.23. The molecule has 0 aliphatic carbocycles. The second-order valence-corrected chi connectivity index (χ2v) is 6.22. The smallest absolute Gasteiger partial charge is 0.388 e. The van der Waals surface area contributed by atoms with Gasteiger partial charge in [0.05, 0.1) is 23.3 Å². The van der Waals surface area contributed by atoms with Gasteiger partial charge in [0.15, 0.2) is 0 Å². The molecule has 0 saturated heterocycles. The zero-order valence-corrected chi connectivity index (χ0v) is 14.3. The molecule has 0 aliphatic rings. The third-order valence-electron chi connectivity index (χ3n) is 4.04. The van der Waals surface area contributed by atoms with E-state index < -0.39 is 54.3 Å². The quantitative estimate of drug-likeness (QED) is 0.675. The lowest BCUT2D eigenvalue weighted by Crippen LogP contribution is -2.13. The number of alkyl halides is 6. The second kappa shape index (κ2) is 8.32. The highest BCUT2D eigenvalue weighted by molar-refractivity contribution is 5.79. The summed E-state index contributed by atoms with van der Waals surface area (Å²) in [7, 11) is 0. The Balaban J connectivity index is 2.04. The van der Waals surface area contributed by atoms with Gasteiger partial charge in [-0.2, -0.15) is 26.3 Å². The fourth-order valence-electron chi connectivity index (χ4n) is 2.59. The van der Waals surface area contributed by atoms with Crippen molar-refractivity contribution in [3.63, 3.8) is 0 Å². The molecular formula is C19H16F6O3. The highest BCUT2D eigenvalue weighted by Crippen LogP contribution is 2.33. The van der Waals surface area contributed by atoms with Gasteiger partial charge in [0.1, 0.15) is 5.78 Å². The van der Waals surface area contributed by atoms with E-state index in [0.29, 0.717) is 12.1 Å². The Hall–Kier alpha value is -2.39. The van der Waals surface area contributed by atoms with E-state index >= 15 is 0 Å². The van der Waals surface area contributed by atoms with Gasteiger partial charge in [-0.05, 0) is 35.4 Å². The van der Waals surface area contributed by atoms with E-state index in [1.165, 1.54) is 12.1 Å². The Morgan fingerprint density at radius 1 is 0.750 bits per heavy atom. The van der Waals surface area contributed by atoms with Crippen LogP contribution in [-0.4, -0.2) is 16.0 Å². The van der Waals surface area contributed by atoms with Crippen molar-refractivity contribution >= 4 is 5.78 Å². The van der Waals surface area contributed by atoms with Crippen molar-refractivity contribution in [2.45, 2.75) is 37.4 Å². The maximum Gasteiger partial charge on any atom is 0.416 e. The number of aliphatic hydroxyl groups is 2. The fraction of sp³-hybridized carbons (Fsp3) is 0.316. The molecule has 28 heavy (non-hydrogen) atoms. The summed E-state index contributed by atoms with van der Waals surface area (Å²) in [4.78, 5) is 12.0. The van der Waals surface area contributed by atoms with Crippen molar-refractivity contribution in [2.75, 3.05) is 0 Å². The number of hydrogen-bond acceptors (Lipinski definition) is 3. The van der Waals surface area contributed by atoms with Crippen molar-refractivity contribution in [2.24, 2.45) is 0 Å². The number of hydrogen-bond donors (Lipinski definition) is 2. The molecule has 0 aliphatic heterocycles. The molecule has 0 aromatic heterocycles. The predicted molar refractivity (Wildman–Crippen MR) is 87.0 cm³/mol. The van der Waals surface area contributed by atoms with E-state index in [4.69, 9.17) is 0 Å². The van der Waals surface area contributed by atoms with Gasteiger partial charge < -0.3 is 10.2 Å². The van der Waals surface area contributed by atoms with Crippen molar-refractivity contribution in [1.29, 1.82) is 0 Å². The maximum absolute atomic E-state index is 12.7. The first-order valence-corrected chi connectivity index (χ1v) is 8.10. The van der Waals surface area contributed by atoms with Crippen molar-refractivity contribution in [1.82, 2.24) is 0 Å². The van der Waals surface area contributed by atoms with Crippen LogP contribution in [0.1, 0.15) is 47.3 Å². The number of aliphatic hydroxyl groups excluding tert-OH is 2. The van der Waals surface area contributed by atoms with Crippen LogP contribution in [0.25, 0.3) is 0 Å². The molecule has 0 saturated carbocycles. The van der Waals surface area contributed by atoms with Crippen molar-refractivity contribution in [3.05, 3.63) is 70.8 Å². The highest BCUT2D eigenvalue weighted by Gasteiger charge is 2.32. The number of carbonyl (C=O) groups excluding carboxylic acids is 1. The van der Waals surface area contributed by atoms with Crippen LogP contribution >= 0.6 is 0 Å². The van der Waals surface area contributed by atoms with Crippen LogP contribution in [-0.2, 0) is 17.1 Å². The number of Topliss-reactive ketones (excluding diaryl/α,β-unsaturated/α-hetero) is 1. The van der Waals surface area contributed by atoms with Crippen LogP contribution in [0.4, 0.5) is 26.3 Å². The summed E-state index contributed by atoms with van der Waals surface area (Å²) in [5.74, 6) is -0.713. The Morgan fingerprint density at radius 3 is 1.43 bits per heavy atom. The van der Waals surface area contributed by atoms with E-state index in [9.17, 15) is 41.4 Å². The molecule has 2 N–H and O–H groups in total. The molecule has 9 heteroatoms. The topological polar surface area (TPSA) is 57.5 Å². The standard InChI is InChI=1S/C19H16F6O3/c20-18(21,22)13-5-1-3-11(7-13)16(27)9-15(26)10-17(28)12-4-2-6-14(8-12)19(23,24)25/h1-8,16-17,27-28H,9-10H2. The van der Waals surface area contributed by atoms with Gasteiger partial charge in [-0.3, -0.25) is 4.79 Å². The second-order valence-electron chi connectivity index (χ2n) is 6.22. The zero-order valence-electron chi connectivity index (χ0n) is 14.3. The van der Waals surface area contributed by atoms with Crippen LogP contribution in [0.15, 0.2) is 48.5 Å². The third kappa shape index (κ3) is 5.80. The number of halogens is 6. The summed E-state index contributed by atoms with van der Waals surface area (Å²) >= 11 is 0. The monoisotopic (exact) mass is 406 g/mol. The Labute approximate surface area is 156 Å². The first-order chi connectivity index (χ1) is 12.9. The Morgan fingerprint density at radius 2 is 1.11 bits per heavy atom. The van der Waals surface area contributed by atoms with Gasteiger partial charge >= 0.3 is 12.4 Å². The van der Waals surface area contributed by atoms with E-state index in [1.807, 2.05) is 0 Å². The molecule has 2 unspecified atom stereocenters. The minimum Gasteiger partial charge on any atom is -0.388 e. The summed E-state index contributed by atoms with van der Waals surface area (Å²) < 4.78 is 76.2. The van der Waals surface area contributed by atoms with Crippen LogP contribution in [0, 0.1) is 0 Å². The first kappa shape index (κ1) is 21.9. The van der Waals surface area contributed by atoms with Gasteiger partial charge in [-0.25, -0.2) is 0 Å². The SMILES string of the molecule is O=C(CC(O)c1cccc(C(F)(F)F)c1)CC(O)c1cccc(C(F)(F)F)c1. The molecule has 0 fully saturated rings. The summed E-state index contributed by atoms with van der Waals surface area (Å²) in [6, 6.07) is 7.66. The highest BCUT2D eigenvalue weighted by atomic mass is 19.4. The number of carbonyl (C=O) groups is 1. The molecule has 0 radical (unpaired) electrons. The molecule has 0 bridgehead atoms. The molecular weight excluding hydrogens is 390 g/mol. The predicted octanol–water partition coefficient (Wildman–Crippen LogP) is 4.84. The first-order valence-electron chi connectivity index (χ1n) is 8.10. The molecule has 2 atom stereocenters. The summed E-state index contributed by atoms with van der Waals surface area (Å²) in [6.45, 7) is 0. The largest absolute Gasteiger partial charge is 0.416 e. The van der Waals surface area contributed by atoms with Gasteiger partial charge in [-0.15, -0.1) is 0 Å². The lowest BCUT2D eigenvalue weighted by molar-refractivity contribution is -0.138. The number of rotatable bonds is 6. The molecule has 2 rings (SSSR count). The molecule has 0 amide bonds. The fourth-order valence-corrected chi connectivity index (χ4v) is 2.59. The van der Waals surface area contributed by atoms with E-state index in [0.717, 1.165) is 24.3 Å². The molecule has 152 valence electrons. The number of benzene rings is 2. The van der Waals surface area contributed by atoms with Crippen LogP contribution in [0.5, 0.6) is 0 Å². The minimum absolute atomic E-state index is 0.128. The normalized spacial score (nSPS) is 14.6. The van der Waals surface area contributed by atoms with Crippen LogP contribution in [0.3, 0.4) is 0 Å². The van der Waals surface area contributed by atoms with Gasteiger partial charge in [0, 0.05) is 12.8 Å². The Kier molecular flexibility index (Phi) is 6.51. The van der Waals surface area contributed by atoms with Gasteiger partial charge in [-0.1, -0.05) is 24.3 Å². The lowest BCUT2D eigenvalue weighted by atomic mass is 9.97. The molecule has 0 spiro atoms. The Bertz CT molecular complexity index is 761. The van der Waals surface area contributed by atoms with Crippen LogP contribution < -0.4 is 0 Å². The van der Waals surface area contributed by atoms with E-state index in [2.05, 4.69) is 0 Å². The maximum atomic E-state index is 12.7. The average Bonchev–Trinajstić information content (AvgIpc) is 2.60. The molecule has 3 nitrogen and oxygen atoms in total. The van der Waals surface area contributed by atoms with Gasteiger partial charge in [0.25, 0.3) is 0 Å². The minimum atomic E-state index is -4.61. The number of ketones is 1. The molecule has 0 heterocycles. The summed E-state index contributed by atoms with van der Waals surface area (Å²) in [6.07, 6.45) is -13.5. The van der Waals surface area contributed by atoms with E-state index in [1.54, 1.807) is 0 Å². The van der Waals surface area contributed by atoms with Crippen molar-refractivity contribution in [3.8, 4) is 0 Å². The average molecular weight is 406 g/mol. The summed E-state index contributed by atoms with van der Waals surface area (Å²) in [5, 5.41) is 20.0. The zero-order chi connectivity index (χ0) is 21.1. The molecule has 2 aromatic rings. The molecule has 2 aromatic carbocycles. The van der Waals surface area contributed by atoms with E-state index in [-0.39, 0.29) is 11.1 Å². The lowest BCUT2D eigenvalue weighted by Gasteiger charge is -2.16. The third-order valence-corrected chi connectivity index (χ3v) is 4.04. The van der Waals surface area contributed by atoms with Crippen LogP contribution in [0.2, 0.25) is 0 Å².